The summed E-state index contributed by atoms with van der Waals surface area (Å²) in [5.74, 6) is 1.42. The van der Waals surface area contributed by atoms with Crippen LogP contribution in [0.3, 0.4) is 0 Å². The van der Waals surface area contributed by atoms with E-state index in [1.807, 2.05) is 30.3 Å². The number of hydrogen-bond acceptors (Lipinski definition) is 7. The summed E-state index contributed by atoms with van der Waals surface area (Å²) in [5.41, 5.74) is 1.43. The number of carbonyl (C=O) groups excluding carboxylic acids is 1. The highest BCUT2D eigenvalue weighted by Crippen LogP contribution is 2.34. The van der Waals surface area contributed by atoms with Crippen LogP contribution >= 0.6 is 0 Å². The van der Waals surface area contributed by atoms with E-state index >= 15 is 0 Å². The molecule has 0 amide bonds. The maximum absolute atomic E-state index is 11.9. The van der Waals surface area contributed by atoms with Gasteiger partial charge >= 0.3 is 5.97 Å². The van der Waals surface area contributed by atoms with E-state index in [4.69, 9.17) is 19.2 Å². The fraction of sp³-hybridized carbons (Fsp3) is 0.391. The second-order valence-electron chi connectivity index (χ2n) is 7.56. The smallest absolute Gasteiger partial charge is 0.308 e. The SMILES string of the molecule is COCCOc1c(OC(C)=O)c(-c2ccccc2)nc2c1=CCN1C=2NC(C)C1C. The molecule has 1 fully saturated rings. The van der Waals surface area contributed by atoms with E-state index in [1.165, 1.54) is 6.92 Å². The van der Waals surface area contributed by atoms with Crippen LogP contribution in [-0.4, -0.2) is 54.8 Å². The number of esters is 1. The molecule has 2 aliphatic heterocycles. The molecule has 2 atom stereocenters. The van der Waals surface area contributed by atoms with Gasteiger partial charge in [-0.1, -0.05) is 36.4 Å². The number of ether oxygens (including phenoxy) is 3. The van der Waals surface area contributed by atoms with Gasteiger partial charge in [-0.2, -0.15) is 0 Å². The number of aromatic nitrogens is 1. The normalized spacial score (nSPS) is 19.5. The molecule has 2 aliphatic rings. The first-order valence-corrected chi connectivity index (χ1v) is 10.2. The van der Waals surface area contributed by atoms with Crippen LogP contribution in [0, 0.1) is 0 Å². The quantitative estimate of drug-likeness (QED) is 0.569. The predicted molar refractivity (Wildman–Crippen MR) is 114 cm³/mol. The van der Waals surface area contributed by atoms with Gasteiger partial charge in [-0.05, 0) is 13.8 Å². The highest BCUT2D eigenvalue weighted by atomic mass is 16.6. The molecule has 0 saturated carbocycles. The van der Waals surface area contributed by atoms with Gasteiger partial charge in [0.2, 0.25) is 0 Å². The zero-order valence-electron chi connectivity index (χ0n) is 17.8. The number of nitrogens with zero attached hydrogens (tertiary/aromatic N) is 2. The molecule has 158 valence electrons. The van der Waals surface area contributed by atoms with Crippen molar-refractivity contribution in [2.45, 2.75) is 32.9 Å². The van der Waals surface area contributed by atoms with E-state index in [2.05, 4.69) is 30.1 Å². The number of hydrogen-bond donors (Lipinski definition) is 1. The summed E-state index contributed by atoms with van der Waals surface area (Å²) in [6.45, 7) is 7.24. The molecule has 2 aromatic rings. The summed E-state index contributed by atoms with van der Waals surface area (Å²) in [6, 6.07) is 10.3. The fourth-order valence-corrected chi connectivity index (χ4v) is 3.87. The average molecular weight is 409 g/mol. The van der Waals surface area contributed by atoms with Crippen LogP contribution < -0.4 is 25.4 Å². The molecule has 1 saturated heterocycles. The molecule has 1 N–H and O–H groups in total. The van der Waals surface area contributed by atoms with E-state index in [9.17, 15) is 4.79 Å². The first kappa shape index (κ1) is 20.2. The first-order chi connectivity index (χ1) is 14.5. The maximum Gasteiger partial charge on any atom is 0.308 e. The van der Waals surface area contributed by atoms with Gasteiger partial charge in [0.1, 0.15) is 23.5 Å². The zero-order valence-corrected chi connectivity index (χ0v) is 17.8. The molecular weight excluding hydrogens is 382 g/mol. The van der Waals surface area contributed by atoms with Crippen molar-refractivity contribution in [3.05, 3.63) is 40.9 Å². The molecule has 3 heterocycles. The van der Waals surface area contributed by atoms with E-state index < -0.39 is 5.97 Å². The molecule has 0 bridgehead atoms. The van der Waals surface area contributed by atoms with Crippen molar-refractivity contribution in [3.8, 4) is 22.8 Å². The average Bonchev–Trinajstić information content (AvgIpc) is 3.03. The molecule has 0 radical (unpaired) electrons. The van der Waals surface area contributed by atoms with E-state index in [1.54, 1.807) is 7.11 Å². The van der Waals surface area contributed by atoms with Crippen LogP contribution in [0.1, 0.15) is 20.8 Å². The number of pyridine rings is 1. The largest absolute Gasteiger partial charge is 0.486 e. The summed E-state index contributed by atoms with van der Waals surface area (Å²) < 4.78 is 16.9. The molecule has 7 nitrogen and oxygen atoms in total. The van der Waals surface area contributed by atoms with Gasteiger partial charge < -0.3 is 24.4 Å². The molecule has 2 unspecified atom stereocenters. The van der Waals surface area contributed by atoms with Gasteiger partial charge in [0.25, 0.3) is 0 Å². The lowest BCUT2D eigenvalue weighted by Crippen LogP contribution is -2.44. The number of rotatable bonds is 6. The minimum absolute atomic E-state index is 0.298. The lowest BCUT2D eigenvalue weighted by atomic mass is 10.1. The van der Waals surface area contributed by atoms with Gasteiger partial charge in [-0.25, -0.2) is 4.98 Å². The van der Waals surface area contributed by atoms with Crippen molar-refractivity contribution in [2.24, 2.45) is 0 Å². The Hall–Kier alpha value is -3.06. The predicted octanol–water partition coefficient (Wildman–Crippen LogP) is 1.24. The van der Waals surface area contributed by atoms with E-state index in [0.29, 0.717) is 42.5 Å². The fourth-order valence-electron chi connectivity index (χ4n) is 3.87. The summed E-state index contributed by atoms with van der Waals surface area (Å²) in [7, 11) is 1.62. The van der Waals surface area contributed by atoms with Crippen molar-refractivity contribution < 1.29 is 19.0 Å². The Balaban J connectivity index is 2.01. The van der Waals surface area contributed by atoms with Crippen molar-refractivity contribution in [1.29, 1.82) is 0 Å². The summed E-state index contributed by atoms with van der Waals surface area (Å²) in [5, 5.41) is 5.21. The summed E-state index contributed by atoms with van der Waals surface area (Å²) in [6.07, 6.45) is 2.09. The maximum atomic E-state index is 11.9. The van der Waals surface area contributed by atoms with Gasteiger partial charge in [0.15, 0.2) is 11.5 Å². The third-order valence-electron chi connectivity index (χ3n) is 5.55. The Morgan fingerprint density at radius 3 is 2.67 bits per heavy atom. The Bertz CT molecular complexity index is 1070. The highest BCUT2D eigenvalue weighted by Gasteiger charge is 2.34. The minimum atomic E-state index is -0.420. The lowest BCUT2D eigenvalue weighted by molar-refractivity contribution is -0.132. The van der Waals surface area contributed by atoms with Crippen LogP contribution in [-0.2, 0) is 9.53 Å². The van der Waals surface area contributed by atoms with Crippen LogP contribution in [0.4, 0.5) is 0 Å². The molecule has 30 heavy (non-hydrogen) atoms. The van der Waals surface area contributed by atoms with E-state index in [0.717, 1.165) is 28.5 Å². The molecule has 1 aromatic carbocycles. The Kier molecular flexibility index (Phi) is 5.63. The van der Waals surface area contributed by atoms with Gasteiger partial charge in [0, 0.05) is 43.4 Å². The third kappa shape index (κ3) is 3.61. The van der Waals surface area contributed by atoms with Crippen molar-refractivity contribution in [1.82, 2.24) is 15.2 Å². The van der Waals surface area contributed by atoms with Crippen molar-refractivity contribution in [2.75, 3.05) is 26.9 Å². The Labute approximate surface area is 176 Å². The molecule has 0 aliphatic carbocycles. The van der Waals surface area contributed by atoms with Gasteiger partial charge in [-0.3, -0.25) is 4.79 Å². The monoisotopic (exact) mass is 409 g/mol. The second-order valence-corrected chi connectivity index (χ2v) is 7.56. The number of nitrogens with one attached hydrogen (secondary N) is 1. The Morgan fingerprint density at radius 2 is 1.97 bits per heavy atom. The van der Waals surface area contributed by atoms with Crippen molar-refractivity contribution in [3.63, 3.8) is 0 Å². The number of carbonyl (C=O) groups is 1. The molecule has 4 rings (SSSR count). The van der Waals surface area contributed by atoms with Crippen LogP contribution in [0.5, 0.6) is 11.5 Å². The minimum Gasteiger partial charge on any atom is -0.486 e. The summed E-state index contributed by atoms with van der Waals surface area (Å²) in [4.78, 5) is 19.2. The molecule has 0 spiro atoms. The highest BCUT2D eigenvalue weighted by molar-refractivity contribution is 5.78. The van der Waals surface area contributed by atoms with Gasteiger partial charge in [-0.15, -0.1) is 0 Å². The van der Waals surface area contributed by atoms with Crippen LogP contribution in [0.2, 0.25) is 0 Å². The standard InChI is InChI=1S/C23H27N3O4/c1-14-15(2)26-11-10-18-20(23(26)24-14)25-19(17-8-6-5-7-9-17)22(30-16(3)27)21(18)29-13-12-28-4/h5-10,14-15,24H,11-13H2,1-4H3. The number of methoxy groups -OCH3 is 1. The number of benzene rings is 1. The van der Waals surface area contributed by atoms with E-state index in [-0.39, 0.29) is 0 Å². The van der Waals surface area contributed by atoms with Gasteiger partial charge in [0.05, 0.1) is 6.61 Å². The lowest BCUT2D eigenvalue weighted by Gasteiger charge is -2.26. The third-order valence-corrected chi connectivity index (χ3v) is 5.55. The topological polar surface area (TPSA) is 72.9 Å². The summed E-state index contributed by atoms with van der Waals surface area (Å²) >= 11 is 0. The molecule has 1 aromatic heterocycles. The second kappa shape index (κ2) is 8.36. The first-order valence-electron chi connectivity index (χ1n) is 10.2. The van der Waals surface area contributed by atoms with Crippen LogP contribution in [0.25, 0.3) is 23.2 Å². The Morgan fingerprint density at radius 1 is 1.20 bits per heavy atom. The van der Waals surface area contributed by atoms with Crippen LogP contribution in [0.15, 0.2) is 30.3 Å². The zero-order chi connectivity index (χ0) is 21.3. The molecular formula is C23H27N3O4. The number of fused-ring (bicyclic) bond motifs is 2. The van der Waals surface area contributed by atoms with Crippen molar-refractivity contribution >= 4 is 17.9 Å². The molecule has 7 heteroatoms.